The molecule has 1 saturated carbocycles. The first-order valence-corrected chi connectivity index (χ1v) is 5.93. The Morgan fingerprint density at radius 2 is 2.21 bits per heavy atom. The molecule has 0 heterocycles. The molecule has 0 bridgehead atoms. The van der Waals surface area contributed by atoms with Crippen LogP contribution in [0.25, 0.3) is 0 Å². The second kappa shape index (κ2) is 5.38. The van der Waals surface area contributed by atoms with Crippen molar-refractivity contribution >= 4 is 5.91 Å². The Kier molecular flexibility index (Phi) is 4.43. The standard InChI is InChI=1S/C12H23NO/c1-4-10(3)12(14)13-11-7-5-6-9(2)8-11/h9-11H,4-8H2,1-3H3,(H,13,14). The second-order valence-electron chi connectivity index (χ2n) is 4.79. The van der Waals surface area contributed by atoms with Crippen LogP contribution in [-0.4, -0.2) is 11.9 Å². The molecule has 1 fully saturated rings. The van der Waals surface area contributed by atoms with Gasteiger partial charge in [0.25, 0.3) is 0 Å². The lowest BCUT2D eigenvalue weighted by Crippen LogP contribution is -2.40. The van der Waals surface area contributed by atoms with E-state index in [1.165, 1.54) is 25.7 Å². The summed E-state index contributed by atoms with van der Waals surface area (Å²) >= 11 is 0. The largest absolute Gasteiger partial charge is 0.353 e. The maximum Gasteiger partial charge on any atom is 0.223 e. The molecule has 3 unspecified atom stereocenters. The zero-order chi connectivity index (χ0) is 10.6. The number of rotatable bonds is 3. The number of carbonyl (C=O) groups excluding carboxylic acids is 1. The third kappa shape index (κ3) is 3.32. The molecule has 1 aliphatic carbocycles. The molecular weight excluding hydrogens is 174 g/mol. The van der Waals surface area contributed by atoms with Crippen LogP contribution in [0.2, 0.25) is 0 Å². The van der Waals surface area contributed by atoms with Crippen molar-refractivity contribution in [3.63, 3.8) is 0 Å². The van der Waals surface area contributed by atoms with Crippen molar-refractivity contribution in [1.82, 2.24) is 5.32 Å². The van der Waals surface area contributed by atoms with E-state index < -0.39 is 0 Å². The van der Waals surface area contributed by atoms with Gasteiger partial charge in [0.05, 0.1) is 0 Å². The van der Waals surface area contributed by atoms with Crippen LogP contribution in [0.1, 0.15) is 52.9 Å². The molecule has 0 radical (unpaired) electrons. The summed E-state index contributed by atoms with van der Waals surface area (Å²) in [5.41, 5.74) is 0. The van der Waals surface area contributed by atoms with E-state index in [9.17, 15) is 4.79 Å². The summed E-state index contributed by atoms with van der Waals surface area (Å²) in [5, 5.41) is 3.16. The van der Waals surface area contributed by atoms with Crippen molar-refractivity contribution in [2.24, 2.45) is 11.8 Å². The third-order valence-corrected chi connectivity index (χ3v) is 3.34. The van der Waals surface area contributed by atoms with Gasteiger partial charge < -0.3 is 5.32 Å². The summed E-state index contributed by atoms with van der Waals surface area (Å²) in [7, 11) is 0. The molecule has 14 heavy (non-hydrogen) atoms. The Hall–Kier alpha value is -0.530. The van der Waals surface area contributed by atoms with Gasteiger partial charge in [-0.25, -0.2) is 0 Å². The van der Waals surface area contributed by atoms with Gasteiger partial charge in [-0.15, -0.1) is 0 Å². The lowest BCUT2D eigenvalue weighted by molar-refractivity contribution is -0.125. The molecule has 0 aromatic rings. The van der Waals surface area contributed by atoms with Gasteiger partial charge in [-0.05, 0) is 25.2 Å². The van der Waals surface area contributed by atoms with Crippen molar-refractivity contribution in [2.45, 2.75) is 58.9 Å². The van der Waals surface area contributed by atoms with Crippen LogP contribution in [0.3, 0.4) is 0 Å². The van der Waals surface area contributed by atoms with Crippen LogP contribution in [0.5, 0.6) is 0 Å². The SMILES string of the molecule is CCC(C)C(=O)NC1CCCC(C)C1. The topological polar surface area (TPSA) is 29.1 Å². The lowest BCUT2D eigenvalue weighted by Gasteiger charge is -2.28. The first kappa shape index (κ1) is 11.5. The Morgan fingerprint density at radius 1 is 1.50 bits per heavy atom. The second-order valence-corrected chi connectivity index (χ2v) is 4.79. The molecule has 1 aliphatic rings. The summed E-state index contributed by atoms with van der Waals surface area (Å²) in [5.74, 6) is 1.20. The summed E-state index contributed by atoms with van der Waals surface area (Å²) in [6, 6.07) is 0.445. The van der Waals surface area contributed by atoms with Gasteiger partial charge in [0, 0.05) is 12.0 Å². The molecule has 0 aliphatic heterocycles. The van der Waals surface area contributed by atoms with E-state index in [0.717, 1.165) is 12.3 Å². The van der Waals surface area contributed by atoms with Crippen molar-refractivity contribution < 1.29 is 4.79 Å². The zero-order valence-electron chi connectivity index (χ0n) is 9.68. The van der Waals surface area contributed by atoms with Crippen molar-refractivity contribution in [3.8, 4) is 0 Å². The highest BCUT2D eigenvalue weighted by Gasteiger charge is 2.21. The van der Waals surface area contributed by atoms with Gasteiger partial charge in [-0.2, -0.15) is 0 Å². The molecule has 2 heteroatoms. The Bertz CT molecular complexity index is 191. The monoisotopic (exact) mass is 197 g/mol. The summed E-state index contributed by atoms with van der Waals surface area (Å²) in [6.07, 6.45) is 5.88. The maximum absolute atomic E-state index is 11.6. The maximum atomic E-state index is 11.6. The lowest BCUT2D eigenvalue weighted by atomic mass is 9.87. The average molecular weight is 197 g/mol. The van der Waals surface area contributed by atoms with Gasteiger partial charge in [0.2, 0.25) is 5.91 Å². The fourth-order valence-corrected chi connectivity index (χ4v) is 2.09. The van der Waals surface area contributed by atoms with Gasteiger partial charge in [0.1, 0.15) is 0 Å². The van der Waals surface area contributed by atoms with Crippen LogP contribution in [-0.2, 0) is 4.79 Å². The fourth-order valence-electron chi connectivity index (χ4n) is 2.09. The van der Waals surface area contributed by atoms with E-state index in [4.69, 9.17) is 0 Å². The summed E-state index contributed by atoms with van der Waals surface area (Å²) < 4.78 is 0. The molecule has 0 aromatic carbocycles. The van der Waals surface area contributed by atoms with E-state index in [-0.39, 0.29) is 11.8 Å². The minimum atomic E-state index is 0.173. The van der Waals surface area contributed by atoms with Gasteiger partial charge in [0.15, 0.2) is 0 Å². The van der Waals surface area contributed by atoms with E-state index >= 15 is 0 Å². The highest BCUT2D eigenvalue weighted by molar-refractivity contribution is 5.78. The van der Waals surface area contributed by atoms with Gasteiger partial charge >= 0.3 is 0 Å². The van der Waals surface area contributed by atoms with Crippen LogP contribution >= 0.6 is 0 Å². The van der Waals surface area contributed by atoms with Gasteiger partial charge in [-0.3, -0.25) is 4.79 Å². The molecular formula is C12H23NO. The number of amides is 1. The molecule has 1 amide bonds. The number of nitrogens with one attached hydrogen (secondary N) is 1. The Balaban J connectivity index is 2.32. The van der Waals surface area contributed by atoms with E-state index in [2.05, 4.69) is 19.2 Å². The average Bonchev–Trinajstić information content (AvgIpc) is 2.16. The van der Waals surface area contributed by atoms with Crippen molar-refractivity contribution in [2.75, 3.05) is 0 Å². The van der Waals surface area contributed by atoms with Crippen LogP contribution < -0.4 is 5.32 Å². The number of hydrogen-bond acceptors (Lipinski definition) is 1. The Morgan fingerprint density at radius 3 is 2.79 bits per heavy atom. The predicted molar refractivity (Wildman–Crippen MR) is 59.0 cm³/mol. The number of carbonyl (C=O) groups is 1. The number of hydrogen-bond donors (Lipinski definition) is 1. The van der Waals surface area contributed by atoms with Crippen molar-refractivity contribution in [1.29, 1.82) is 0 Å². The third-order valence-electron chi connectivity index (χ3n) is 3.34. The van der Waals surface area contributed by atoms with E-state index in [0.29, 0.717) is 6.04 Å². The van der Waals surface area contributed by atoms with E-state index in [1.54, 1.807) is 0 Å². The zero-order valence-corrected chi connectivity index (χ0v) is 9.68. The van der Waals surface area contributed by atoms with Crippen LogP contribution in [0.4, 0.5) is 0 Å². The smallest absolute Gasteiger partial charge is 0.223 e. The molecule has 82 valence electrons. The highest BCUT2D eigenvalue weighted by atomic mass is 16.1. The van der Waals surface area contributed by atoms with Gasteiger partial charge in [-0.1, -0.05) is 33.6 Å². The Labute approximate surface area is 87.5 Å². The van der Waals surface area contributed by atoms with Crippen LogP contribution in [0.15, 0.2) is 0 Å². The van der Waals surface area contributed by atoms with E-state index in [1.807, 2.05) is 6.92 Å². The highest BCUT2D eigenvalue weighted by Crippen LogP contribution is 2.23. The molecule has 1 rings (SSSR count). The fraction of sp³-hybridized carbons (Fsp3) is 0.917. The molecule has 3 atom stereocenters. The first-order chi connectivity index (χ1) is 6.63. The van der Waals surface area contributed by atoms with Crippen molar-refractivity contribution in [3.05, 3.63) is 0 Å². The molecule has 0 spiro atoms. The predicted octanol–water partition coefficient (Wildman–Crippen LogP) is 2.73. The minimum absolute atomic E-state index is 0.173. The summed E-state index contributed by atoms with van der Waals surface area (Å²) in [6.45, 7) is 6.34. The molecule has 0 aromatic heterocycles. The normalized spacial score (nSPS) is 29.6. The molecule has 2 nitrogen and oxygen atoms in total. The van der Waals surface area contributed by atoms with Crippen LogP contribution in [0, 0.1) is 11.8 Å². The molecule has 1 N–H and O–H groups in total. The molecule has 0 saturated heterocycles. The summed E-state index contributed by atoms with van der Waals surface area (Å²) in [4.78, 5) is 11.6. The quantitative estimate of drug-likeness (QED) is 0.740. The minimum Gasteiger partial charge on any atom is -0.353 e. The first-order valence-electron chi connectivity index (χ1n) is 5.93.